The lowest BCUT2D eigenvalue weighted by Gasteiger charge is -2.10. The van der Waals surface area contributed by atoms with Gasteiger partial charge in [-0.2, -0.15) is 0 Å². The summed E-state index contributed by atoms with van der Waals surface area (Å²) in [7, 11) is 0. The van der Waals surface area contributed by atoms with E-state index < -0.39 is 17.6 Å². The second-order valence-corrected chi connectivity index (χ2v) is 4.15. The normalized spacial score (nSPS) is 10.2. The minimum Gasteiger partial charge on any atom is -0.462 e. The minimum absolute atomic E-state index is 0.0709. The van der Waals surface area contributed by atoms with Crippen molar-refractivity contribution in [2.24, 2.45) is 0 Å². The van der Waals surface area contributed by atoms with Crippen LogP contribution >= 0.6 is 0 Å². The monoisotopic (exact) mass is 293 g/mol. The molecule has 0 aliphatic heterocycles. The van der Waals surface area contributed by atoms with Gasteiger partial charge in [0.15, 0.2) is 17.4 Å². The molecule has 0 bridgehead atoms. The average molecular weight is 293 g/mol. The van der Waals surface area contributed by atoms with Gasteiger partial charge in [-0.3, -0.25) is 0 Å². The Balaban J connectivity index is 2.28. The van der Waals surface area contributed by atoms with Crippen LogP contribution in [-0.2, 0) is 4.74 Å². The Morgan fingerprint density at radius 2 is 1.90 bits per heavy atom. The first-order valence-electron chi connectivity index (χ1n) is 6.20. The molecule has 2 N–H and O–H groups in total. The molecule has 0 fully saturated rings. The number of rotatable bonds is 4. The molecule has 21 heavy (non-hydrogen) atoms. The van der Waals surface area contributed by atoms with Crippen LogP contribution < -0.4 is 10.5 Å². The van der Waals surface area contributed by atoms with Crippen molar-refractivity contribution in [3.8, 4) is 11.5 Å². The van der Waals surface area contributed by atoms with Gasteiger partial charge in [-0.15, -0.1) is 0 Å². The molecule has 0 spiro atoms. The molecule has 0 saturated heterocycles. The number of nitrogens with two attached hydrogens (primary N) is 1. The van der Waals surface area contributed by atoms with Crippen molar-refractivity contribution in [3.63, 3.8) is 0 Å². The first kappa shape index (κ1) is 14.8. The lowest BCUT2D eigenvalue weighted by atomic mass is 10.2. The highest BCUT2D eigenvalue weighted by molar-refractivity contribution is 5.90. The number of ether oxygens (including phenoxy) is 2. The number of halogens is 2. The van der Waals surface area contributed by atoms with Gasteiger partial charge in [-0.1, -0.05) is 0 Å². The van der Waals surface area contributed by atoms with Gasteiger partial charge in [0, 0.05) is 6.07 Å². The molecule has 0 aliphatic carbocycles. The van der Waals surface area contributed by atoms with Crippen LogP contribution in [0.4, 0.5) is 14.5 Å². The summed E-state index contributed by atoms with van der Waals surface area (Å²) in [4.78, 5) is 11.6. The van der Waals surface area contributed by atoms with Gasteiger partial charge in [0.1, 0.15) is 5.75 Å². The zero-order valence-electron chi connectivity index (χ0n) is 11.2. The molecule has 0 amide bonds. The molecule has 2 aromatic carbocycles. The predicted molar refractivity (Wildman–Crippen MR) is 73.2 cm³/mol. The van der Waals surface area contributed by atoms with E-state index in [1.807, 2.05) is 0 Å². The van der Waals surface area contributed by atoms with Gasteiger partial charge in [-0.05, 0) is 37.3 Å². The largest absolute Gasteiger partial charge is 0.462 e. The Morgan fingerprint density at radius 1 is 1.14 bits per heavy atom. The van der Waals surface area contributed by atoms with Gasteiger partial charge >= 0.3 is 5.97 Å². The van der Waals surface area contributed by atoms with Crippen molar-refractivity contribution in [2.45, 2.75) is 6.92 Å². The molecule has 2 aromatic rings. The van der Waals surface area contributed by atoms with E-state index in [4.69, 9.17) is 15.2 Å². The number of benzene rings is 2. The average Bonchev–Trinajstić information content (AvgIpc) is 2.45. The van der Waals surface area contributed by atoms with Gasteiger partial charge in [0.05, 0.1) is 17.9 Å². The van der Waals surface area contributed by atoms with E-state index in [0.717, 1.165) is 12.1 Å². The summed E-state index contributed by atoms with van der Waals surface area (Å²) in [5.41, 5.74) is 6.24. The number of carbonyl (C=O) groups excluding carboxylic acids is 1. The van der Waals surface area contributed by atoms with Crippen LogP contribution in [0.1, 0.15) is 17.3 Å². The third-order valence-corrected chi connectivity index (χ3v) is 2.64. The molecule has 6 heteroatoms. The van der Waals surface area contributed by atoms with E-state index in [9.17, 15) is 13.6 Å². The maximum absolute atomic E-state index is 13.1. The van der Waals surface area contributed by atoms with E-state index in [1.165, 1.54) is 24.3 Å². The van der Waals surface area contributed by atoms with E-state index in [2.05, 4.69) is 0 Å². The van der Waals surface area contributed by atoms with Crippen LogP contribution in [0.5, 0.6) is 11.5 Å². The van der Waals surface area contributed by atoms with Crippen LogP contribution in [0.3, 0.4) is 0 Å². The molecular weight excluding hydrogens is 280 g/mol. The zero-order valence-corrected chi connectivity index (χ0v) is 11.2. The first-order chi connectivity index (χ1) is 10.0. The Hall–Kier alpha value is -2.63. The standard InChI is InChI=1S/C15H13F2NO3/c1-2-20-15(19)9-3-6-13(18)14(7-9)21-10-4-5-11(16)12(17)8-10/h3-8H,2,18H2,1H3. The molecule has 110 valence electrons. The predicted octanol–water partition coefficient (Wildman–Crippen LogP) is 3.52. The molecule has 4 nitrogen and oxygen atoms in total. The van der Waals surface area contributed by atoms with Gasteiger partial charge in [-0.25, -0.2) is 13.6 Å². The molecule has 0 radical (unpaired) electrons. The summed E-state index contributed by atoms with van der Waals surface area (Å²) in [6.07, 6.45) is 0. The zero-order chi connectivity index (χ0) is 15.4. The third kappa shape index (κ3) is 3.47. The van der Waals surface area contributed by atoms with E-state index in [0.29, 0.717) is 0 Å². The van der Waals surface area contributed by atoms with Crippen LogP contribution in [-0.4, -0.2) is 12.6 Å². The number of carbonyl (C=O) groups is 1. The molecule has 2 rings (SSSR count). The summed E-state index contributed by atoms with van der Waals surface area (Å²) in [6, 6.07) is 7.44. The van der Waals surface area contributed by atoms with Crippen molar-refractivity contribution in [1.82, 2.24) is 0 Å². The number of hydrogen-bond acceptors (Lipinski definition) is 4. The Bertz CT molecular complexity index is 674. The van der Waals surface area contributed by atoms with E-state index >= 15 is 0 Å². The quantitative estimate of drug-likeness (QED) is 0.692. The Kier molecular flexibility index (Phi) is 4.37. The SMILES string of the molecule is CCOC(=O)c1ccc(N)c(Oc2ccc(F)c(F)c2)c1. The lowest BCUT2D eigenvalue weighted by molar-refractivity contribution is 0.0526. The fourth-order valence-corrected chi connectivity index (χ4v) is 1.63. The van der Waals surface area contributed by atoms with Crippen LogP contribution in [0.15, 0.2) is 36.4 Å². The molecule has 0 aromatic heterocycles. The molecule has 0 unspecified atom stereocenters. The fourth-order valence-electron chi connectivity index (χ4n) is 1.63. The topological polar surface area (TPSA) is 61.5 Å². The molecule has 0 aliphatic rings. The van der Waals surface area contributed by atoms with Gasteiger partial charge < -0.3 is 15.2 Å². The maximum Gasteiger partial charge on any atom is 0.338 e. The molecule has 0 atom stereocenters. The maximum atomic E-state index is 13.1. The highest BCUT2D eigenvalue weighted by Gasteiger charge is 2.11. The van der Waals surface area contributed by atoms with Crippen molar-refractivity contribution in [2.75, 3.05) is 12.3 Å². The molecule has 0 saturated carbocycles. The van der Waals surface area contributed by atoms with Crippen LogP contribution in [0, 0.1) is 11.6 Å². The number of nitrogen functional groups attached to an aromatic ring is 1. The fraction of sp³-hybridized carbons (Fsp3) is 0.133. The first-order valence-corrected chi connectivity index (χ1v) is 6.20. The summed E-state index contributed by atoms with van der Waals surface area (Å²) >= 11 is 0. The Morgan fingerprint density at radius 3 is 2.57 bits per heavy atom. The second kappa shape index (κ2) is 6.21. The molecular formula is C15H13F2NO3. The third-order valence-electron chi connectivity index (χ3n) is 2.64. The Labute approximate surface area is 120 Å². The highest BCUT2D eigenvalue weighted by atomic mass is 19.2. The lowest BCUT2D eigenvalue weighted by Crippen LogP contribution is -2.05. The smallest absolute Gasteiger partial charge is 0.338 e. The van der Waals surface area contributed by atoms with Crippen molar-refractivity contribution in [1.29, 1.82) is 0 Å². The van der Waals surface area contributed by atoms with Crippen molar-refractivity contribution < 1.29 is 23.0 Å². The summed E-state index contributed by atoms with van der Waals surface area (Å²) < 4.78 is 36.2. The summed E-state index contributed by atoms with van der Waals surface area (Å²) in [6.45, 7) is 1.93. The number of anilines is 1. The van der Waals surface area contributed by atoms with Crippen molar-refractivity contribution in [3.05, 3.63) is 53.6 Å². The summed E-state index contributed by atoms with van der Waals surface area (Å²) in [5.74, 6) is -2.30. The molecule has 0 heterocycles. The summed E-state index contributed by atoms with van der Waals surface area (Å²) in [5, 5.41) is 0. The van der Waals surface area contributed by atoms with Crippen LogP contribution in [0.25, 0.3) is 0 Å². The second-order valence-electron chi connectivity index (χ2n) is 4.15. The van der Waals surface area contributed by atoms with Gasteiger partial charge in [0.2, 0.25) is 0 Å². The van der Waals surface area contributed by atoms with Crippen molar-refractivity contribution >= 4 is 11.7 Å². The number of esters is 1. The highest BCUT2D eigenvalue weighted by Crippen LogP contribution is 2.29. The van der Waals surface area contributed by atoms with E-state index in [-0.39, 0.29) is 29.4 Å². The van der Waals surface area contributed by atoms with E-state index in [1.54, 1.807) is 6.92 Å². The van der Waals surface area contributed by atoms with Gasteiger partial charge in [0.25, 0.3) is 0 Å². The van der Waals surface area contributed by atoms with Crippen LogP contribution in [0.2, 0.25) is 0 Å². The minimum atomic E-state index is -1.03. The number of hydrogen-bond donors (Lipinski definition) is 1.